The highest BCUT2D eigenvalue weighted by Crippen LogP contribution is 2.30. The van der Waals surface area contributed by atoms with Gasteiger partial charge in [-0.25, -0.2) is 9.97 Å². The molecule has 3 aromatic rings. The van der Waals surface area contributed by atoms with E-state index in [0.29, 0.717) is 54.6 Å². The molecule has 1 aliphatic rings. The van der Waals surface area contributed by atoms with Crippen LogP contribution in [0.3, 0.4) is 0 Å². The van der Waals surface area contributed by atoms with E-state index in [9.17, 15) is 4.79 Å². The first kappa shape index (κ1) is 23.4. The number of anilines is 1. The number of aromatic nitrogens is 4. The SMILES string of the molecule is [C-]#[N+]c1ccc2c(n1)c(N1CC[C@H](Oc3cnc(OC(C)C)cn3)[C@@H](OCC)C1)cc(=O)n2C. The van der Waals surface area contributed by atoms with Crippen molar-refractivity contribution in [3.63, 3.8) is 0 Å². The molecule has 0 aromatic carbocycles. The number of hydrogen-bond acceptors (Lipinski definition) is 8. The van der Waals surface area contributed by atoms with E-state index in [-0.39, 0.29) is 29.7 Å². The predicted molar refractivity (Wildman–Crippen MR) is 128 cm³/mol. The summed E-state index contributed by atoms with van der Waals surface area (Å²) in [4.78, 5) is 31.2. The van der Waals surface area contributed by atoms with E-state index >= 15 is 0 Å². The standard InChI is InChI=1S/C24H28N6O4/c1-6-32-19-14-30(10-9-18(19)34-22-13-26-21(12-27-22)33-15(2)3)17-11-23(31)29(5)16-7-8-20(25-4)28-24(16)17/h7-8,11-13,15,18-19H,6,9-10,14H2,1-3,5H3/t18-,19-/m0/s1. The lowest BCUT2D eigenvalue weighted by molar-refractivity contribution is -0.0297. The number of nitrogens with zero attached hydrogens (tertiary/aromatic N) is 6. The fraction of sp³-hybridized carbons (Fsp3) is 0.458. The zero-order valence-electron chi connectivity index (χ0n) is 19.8. The van der Waals surface area contributed by atoms with Crippen LogP contribution < -0.4 is 19.9 Å². The van der Waals surface area contributed by atoms with Crippen molar-refractivity contribution in [2.45, 2.75) is 45.5 Å². The Morgan fingerprint density at radius 3 is 2.65 bits per heavy atom. The van der Waals surface area contributed by atoms with Gasteiger partial charge < -0.3 is 28.5 Å². The Balaban J connectivity index is 1.58. The predicted octanol–water partition coefficient (Wildman–Crippen LogP) is 3.12. The average molecular weight is 465 g/mol. The Bertz CT molecular complexity index is 1250. The number of piperidine rings is 1. The first-order chi connectivity index (χ1) is 16.4. The fourth-order valence-electron chi connectivity index (χ4n) is 4.05. The molecule has 0 spiro atoms. The van der Waals surface area contributed by atoms with Gasteiger partial charge in [0.15, 0.2) is 0 Å². The summed E-state index contributed by atoms with van der Waals surface area (Å²) in [5.41, 5.74) is 1.86. The second-order valence-electron chi connectivity index (χ2n) is 8.32. The normalized spacial score (nSPS) is 18.2. The number of pyridine rings is 2. The van der Waals surface area contributed by atoms with Crippen LogP contribution in [0.4, 0.5) is 11.5 Å². The third-order valence-electron chi connectivity index (χ3n) is 5.62. The van der Waals surface area contributed by atoms with Gasteiger partial charge in [-0.3, -0.25) is 4.79 Å². The molecule has 0 N–H and O–H groups in total. The maximum atomic E-state index is 12.6. The van der Waals surface area contributed by atoms with Crippen LogP contribution in [0.2, 0.25) is 0 Å². The van der Waals surface area contributed by atoms with Crippen molar-refractivity contribution in [2.24, 2.45) is 7.05 Å². The number of aryl methyl sites for hydroxylation is 1. The fourth-order valence-corrected chi connectivity index (χ4v) is 4.05. The molecule has 1 saturated heterocycles. The lowest BCUT2D eigenvalue weighted by Gasteiger charge is -2.38. The lowest BCUT2D eigenvalue weighted by Crippen LogP contribution is -2.50. The van der Waals surface area contributed by atoms with Crippen LogP contribution >= 0.6 is 0 Å². The van der Waals surface area contributed by atoms with E-state index in [2.05, 4.69) is 24.7 Å². The van der Waals surface area contributed by atoms with E-state index in [0.717, 1.165) is 0 Å². The van der Waals surface area contributed by atoms with Crippen molar-refractivity contribution in [1.29, 1.82) is 0 Å². The summed E-state index contributed by atoms with van der Waals surface area (Å²) in [5, 5.41) is 0. The quantitative estimate of drug-likeness (QED) is 0.492. The minimum Gasteiger partial charge on any atom is -0.474 e. The number of fused-ring (bicyclic) bond motifs is 1. The lowest BCUT2D eigenvalue weighted by atomic mass is 10.0. The van der Waals surface area contributed by atoms with E-state index in [1.54, 1.807) is 42.2 Å². The van der Waals surface area contributed by atoms with Gasteiger partial charge in [0, 0.05) is 39.2 Å². The highest BCUT2D eigenvalue weighted by molar-refractivity contribution is 5.89. The number of ether oxygens (including phenoxy) is 3. The van der Waals surface area contributed by atoms with Crippen molar-refractivity contribution in [3.8, 4) is 11.8 Å². The molecule has 34 heavy (non-hydrogen) atoms. The molecule has 1 fully saturated rings. The number of hydrogen-bond donors (Lipinski definition) is 0. The van der Waals surface area contributed by atoms with Crippen LogP contribution in [0.5, 0.6) is 11.8 Å². The summed E-state index contributed by atoms with van der Waals surface area (Å²) in [6.07, 6.45) is 3.28. The molecule has 3 aromatic heterocycles. The average Bonchev–Trinajstić information content (AvgIpc) is 2.83. The second kappa shape index (κ2) is 10.1. The molecule has 178 valence electrons. The molecule has 1 aliphatic heterocycles. The first-order valence-electron chi connectivity index (χ1n) is 11.3. The van der Waals surface area contributed by atoms with Gasteiger partial charge in [-0.05, 0) is 32.9 Å². The monoisotopic (exact) mass is 464 g/mol. The van der Waals surface area contributed by atoms with Crippen LogP contribution in [0.25, 0.3) is 15.9 Å². The van der Waals surface area contributed by atoms with Crippen LogP contribution in [0.15, 0.2) is 35.4 Å². The Kier molecular flexibility index (Phi) is 6.93. The van der Waals surface area contributed by atoms with Crippen molar-refractivity contribution in [1.82, 2.24) is 19.5 Å². The van der Waals surface area contributed by atoms with E-state index in [1.165, 1.54) is 0 Å². The maximum Gasteiger partial charge on any atom is 0.270 e. The highest BCUT2D eigenvalue weighted by atomic mass is 16.5. The van der Waals surface area contributed by atoms with Crippen molar-refractivity contribution < 1.29 is 14.2 Å². The van der Waals surface area contributed by atoms with Crippen molar-refractivity contribution in [2.75, 3.05) is 24.6 Å². The molecule has 10 heteroatoms. The molecular formula is C24H28N6O4. The Morgan fingerprint density at radius 2 is 1.97 bits per heavy atom. The van der Waals surface area contributed by atoms with E-state index in [1.807, 2.05) is 20.8 Å². The smallest absolute Gasteiger partial charge is 0.270 e. The van der Waals surface area contributed by atoms with Gasteiger partial charge in [-0.15, -0.1) is 4.98 Å². The molecule has 0 unspecified atom stereocenters. The molecule has 4 rings (SSSR count). The Morgan fingerprint density at radius 1 is 1.21 bits per heavy atom. The molecule has 0 saturated carbocycles. The van der Waals surface area contributed by atoms with Gasteiger partial charge in [0.05, 0.1) is 29.7 Å². The van der Waals surface area contributed by atoms with Crippen molar-refractivity contribution in [3.05, 3.63) is 52.4 Å². The molecule has 0 radical (unpaired) electrons. The molecule has 10 nitrogen and oxygen atoms in total. The third kappa shape index (κ3) is 4.94. The second-order valence-corrected chi connectivity index (χ2v) is 8.32. The minimum absolute atomic E-state index is 0.0129. The molecular weight excluding hydrogens is 436 g/mol. The summed E-state index contributed by atoms with van der Waals surface area (Å²) in [5.74, 6) is 1.14. The van der Waals surface area contributed by atoms with Gasteiger partial charge in [0.25, 0.3) is 11.4 Å². The van der Waals surface area contributed by atoms with Crippen LogP contribution in [0.1, 0.15) is 27.2 Å². The summed E-state index contributed by atoms with van der Waals surface area (Å²) >= 11 is 0. The molecule has 0 bridgehead atoms. The molecule has 0 amide bonds. The largest absolute Gasteiger partial charge is 0.474 e. The summed E-state index contributed by atoms with van der Waals surface area (Å²) < 4.78 is 19.2. The molecule has 0 aliphatic carbocycles. The Hall–Kier alpha value is -3.71. The number of rotatable bonds is 7. The zero-order chi connectivity index (χ0) is 24.2. The van der Waals surface area contributed by atoms with Gasteiger partial charge >= 0.3 is 0 Å². The van der Waals surface area contributed by atoms with Gasteiger partial charge in [0.2, 0.25) is 17.3 Å². The topological polar surface area (TPSA) is 96.0 Å². The first-order valence-corrected chi connectivity index (χ1v) is 11.3. The highest BCUT2D eigenvalue weighted by Gasteiger charge is 2.33. The summed E-state index contributed by atoms with van der Waals surface area (Å²) in [7, 11) is 1.70. The van der Waals surface area contributed by atoms with E-state index < -0.39 is 0 Å². The zero-order valence-corrected chi connectivity index (χ0v) is 19.8. The molecule has 4 heterocycles. The van der Waals surface area contributed by atoms with Crippen LogP contribution in [-0.2, 0) is 11.8 Å². The Labute approximate surface area is 197 Å². The summed E-state index contributed by atoms with van der Waals surface area (Å²) in [6.45, 7) is 14.8. The summed E-state index contributed by atoms with van der Waals surface area (Å²) in [6, 6.07) is 4.97. The van der Waals surface area contributed by atoms with Gasteiger partial charge in [-0.2, -0.15) is 0 Å². The van der Waals surface area contributed by atoms with Crippen LogP contribution in [0, 0.1) is 6.57 Å². The minimum atomic E-state index is -0.254. The third-order valence-corrected chi connectivity index (χ3v) is 5.62. The van der Waals surface area contributed by atoms with Gasteiger partial charge in [-0.1, -0.05) is 6.57 Å². The molecule has 2 atom stereocenters. The maximum absolute atomic E-state index is 12.6. The van der Waals surface area contributed by atoms with Crippen LogP contribution in [-0.4, -0.2) is 57.5 Å². The van der Waals surface area contributed by atoms with E-state index in [4.69, 9.17) is 20.8 Å². The van der Waals surface area contributed by atoms with Gasteiger partial charge in [0.1, 0.15) is 12.2 Å². The van der Waals surface area contributed by atoms with Crippen molar-refractivity contribution >= 4 is 22.5 Å².